The number of rotatable bonds is 12. The molecule has 1 fully saturated rings. The van der Waals surface area contributed by atoms with E-state index in [-0.39, 0.29) is 17.4 Å². The molecule has 0 aliphatic heterocycles. The molecule has 4 amide bonds. The van der Waals surface area contributed by atoms with E-state index < -0.39 is 54.0 Å². The Hall–Kier alpha value is -3.30. The molecule has 224 valence electrons. The summed E-state index contributed by atoms with van der Waals surface area (Å²) in [5.41, 5.74) is 4.90. The largest absolute Gasteiger partial charge is 0.508 e. The minimum Gasteiger partial charge on any atom is -0.508 e. The van der Waals surface area contributed by atoms with Crippen LogP contribution in [-0.4, -0.2) is 57.5 Å². The minimum absolute atomic E-state index is 0.0427. The molecule has 40 heavy (non-hydrogen) atoms. The Morgan fingerprint density at radius 3 is 2.23 bits per heavy atom. The Balaban J connectivity index is 2.57. The van der Waals surface area contributed by atoms with Gasteiger partial charge in [0.2, 0.25) is 17.7 Å². The van der Waals surface area contributed by atoms with E-state index in [1.807, 2.05) is 6.92 Å². The summed E-state index contributed by atoms with van der Waals surface area (Å²) >= 11 is 0. The lowest BCUT2D eigenvalue weighted by Crippen LogP contribution is -2.57. The summed E-state index contributed by atoms with van der Waals surface area (Å²) in [6, 6.07) is 3.32. The number of nitrogens with two attached hydrogens (primary N) is 1. The van der Waals surface area contributed by atoms with Crippen molar-refractivity contribution in [2.75, 3.05) is 0 Å². The van der Waals surface area contributed by atoms with Crippen LogP contribution >= 0.6 is 0 Å². The summed E-state index contributed by atoms with van der Waals surface area (Å²) in [6.07, 6.45) is 4.73. The third kappa shape index (κ3) is 10.4. The maximum absolute atomic E-state index is 14.3. The van der Waals surface area contributed by atoms with E-state index in [9.17, 15) is 24.3 Å². The molecule has 0 aromatic heterocycles. The third-order valence-electron chi connectivity index (χ3n) is 6.99. The lowest BCUT2D eigenvalue weighted by molar-refractivity contribution is -0.146. The Kier molecular flexibility index (Phi) is 12.3. The number of phenolic OH excluding ortho intramolecular Hbond substituents is 1. The quantitative estimate of drug-likeness (QED) is 0.299. The number of para-hydroxylation sites is 1. The van der Waals surface area contributed by atoms with E-state index in [0.717, 1.165) is 38.5 Å². The van der Waals surface area contributed by atoms with E-state index in [1.54, 1.807) is 39.0 Å². The van der Waals surface area contributed by atoms with Crippen LogP contribution in [0.15, 0.2) is 24.3 Å². The third-order valence-corrected chi connectivity index (χ3v) is 6.99. The van der Waals surface area contributed by atoms with Gasteiger partial charge in [0.25, 0.3) is 0 Å². The first-order valence-corrected chi connectivity index (χ1v) is 14.4. The second-order valence-electron chi connectivity index (χ2n) is 12.2. The number of hydrogen-bond acceptors (Lipinski definition) is 6. The molecule has 5 N–H and O–H groups in total. The molecule has 1 aliphatic carbocycles. The number of nitrogens with zero attached hydrogens (tertiary/aromatic N) is 1. The van der Waals surface area contributed by atoms with Crippen molar-refractivity contribution in [1.29, 1.82) is 0 Å². The molecule has 1 saturated carbocycles. The van der Waals surface area contributed by atoms with Crippen molar-refractivity contribution in [2.24, 2.45) is 11.7 Å². The zero-order valence-electron chi connectivity index (χ0n) is 24.9. The van der Waals surface area contributed by atoms with Crippen LogP contribution in [0, 0.1) is 5.92 Å². The Morgan fingerprint density at radius 1 is 1.05 bits per heavy atom. The highest BCUT2D eigenvalue weighted by molar-refractivity contribution is 5.95. The molecule has 1 aromatic rings. The average molecular weight is 561 g/mol. The Labute approximate surface area is 238 Å². The maximum Gasteiger partial charge on any atom is 0.408 e. The molecule has 0 spiro atoms. The van der Waals surface area contributed by atoms with Gasteiger partial charge in [0.15, 0.2) is 0 Å². The summed E-state index contributed by atoms with van der Waals surface area (Å²) in [4.78, 5) is 54.3. The summed E-state index contributed by atoms with van der Waals surface area (Å²) < 4.78 is 5.34. The predicted molar refractivity (Wildman–Crippen MR) is 153 cm³/mol. The normalized spacial score (nSPS) is 16.5. The van der Waals surface area contributed by atoms with E-state index in [4.69, 9.17) is 10.5 Å². The first kappa shape index (κ1) is 32.9. The number of phenols is 1. The van der Waals surface area contributed by atoms with Gasteiger partial charge in [-0.25, -0.2) is 4.79 Å². The number of primary amides is 1. The molecule has 0 bridgehead atoms. The van der Waals surface area contributed by atoms with Crippen molar-refractivity contribution in [2.45, 2.75) is 123 Å². The number of carbonyl (C=O) groups excluding carboxylic acids is 4. The van der Waals surface area contributed by atoms with Crippen LogP contribution in [-0.2, 0) is 19.1 Å². The molecule has 10 heteroatoms. The molecule has 0 heterocycles. The van der Waals surface area contributed by atoms with Crippen LogP contribution < -0.4 is 16.4 Å². The topological polar surface area (TPSA) is 151 Å². The molecule has 0 saturated heterocycles. The van der Waals surface area contributed by atoms with Crippen molar-refractivity contribution in [3.63, 3.8) is 0 Å². The highest BCUT2D eigenvalue weighted by atomic mass is 16.6. The zero-order chi connectivity index (χ0) is 30.0. The number of hydrogen-bond donors (Lipinski definition) is 4. The predicted octanol–water partition coefficient (Wildman–Crippen LogP) is 4.30. The van der Waals surface area contributed by atoms with Crippen LogP contribution in [0.4, 0.5) is 4.79 Å². The van der Waals surface area contributed by atoms with Gasteiger partial charge in [-0.2, -0.15) is 0 Å². The van der Waals surface area contributed by atoms with E-state index in [0.29, 0.717) is 12.3 Å². The number of nitrogens with one attached hydrogen (secondary N) is 2. The molecule has 1 aliphatic rings. The summed E-state index contributed by atoms with van der Waals surface area (Å²) in [5.74, 6) is -1.68. The molecule has 3 unspecified atom stereocenters. The fourth-order valence-corrected chi connectivity index (χ4v) is 5.01. The lowest BCUT2D eigenvalue weighted by Gasteiger charge is -2.39. The number of ether oxygens (including phenoxy) is 1. The molecule has 0 radical (unpaired) electrons. The number of benzene rings is 1. The lowest BCUT2D eigenvalue weighted by atomic mass is 9.93. The number of alkyl carbamates (subject to hydrolysis) is 1. The van der Waals surface area contributed by atoms with E-state index >= 15 is 0 Å². The average Bonchev–Trinajstić information content (AvgIpc) is 2.84. The number of carbonyl (C=O) groups is 4. The molecule has 3 atom stereocenters. The van der Waals surface area contributed by atoms with Gasteiger partial charge >= 0.3 is 6.09 Å². The molecule has 10 nitrogen and oxygen atoms in total. The fourth-order valence-electron chi connectivity index (χ4n) is 5.01. The molecular formula is C30H48N4O6. The van der Waals surface area contributed by atoms with Gasteiger partial charge in [0.05, 0.1) is 6.42 Å². The van der Waals surface area contributed by atoms with Crippen molar-refractivity contribution in [3.05, 3.63) is 29.8 Å². The van der Waals surface area contributed by atoms with Gasteiger partial charge < -0.3 is 31.1 Å². The van der Waals surface area contributed by atoms with Crippen LogP contribution in [0.5, 0.6) is 5.75 Å². The Morgan fingerprint density at radius 2 is 1.68 bits per heavy atom. The van der Waals surface area contributed by atoms with Crippen LogP contribution in [0.1, 0.15) is 105 Å². The first-order valence-electron chi connectivity index (χ1n) is 14.4. The highest BCUT2D eigenvalue weighted by Gasteiger charge is 2.41. The highest BCUT2D eigenvalue weighted by Crippen LogP contribution is 2.33. The van der Waals surface area contributed by atoms with Gasteiger partial charge in [-0.05, 0) is 65.4 Å². The van der Waals surface area contributed by atoms with Gasteiger partial charge in [-0.3, -0.25) is 14.4 Å². The summed E-state index contributed by atoms with van der Waals surface area (Å²) in [7, 11) is 0. The number of amides is 4. The summed E-state index contributed by atoms with van der Waals surface area (Å²) in [5, 5.41) is 16.4. The Bertz CT molecular complexity index is 1020. The molecule has 2 rings (SSSR count). The standard InChI is InChI=1S/C30H48N4O6/c1-19(2)16-17-20(3)34(28(38)23(18-25(31)36)33-29(39)40-30(4,5)6)26(22-14-10-11-15-24(22)35)27(37)32-21-12-8-7-9-13-21/h10-11,14-15,19-21,23,26,35H,7-9,12-13,16-18H2,1-6H3,(H2,31,36)(H,32,37)(H,33,39). The SMILES string of the molecule is CC(C)CCC(C)N(C(=O)C(CC(N)=O)NC(=O)OC(C)(C)C)C(C(=O)NC1CCCCC1)c1ccccc1O. The van der Waals surface area contributed by atoms with Crippen LogP contribution in [0.25, 0.3) is 0 Å². The minimum atomic E-state index is -1.37. The van der Waals surface area contributed by atoms with Crippen molar-refractivity contribution in [3.8, 4) is 5.75 Å². The number of aromatic hydroxyl groups is 1. The first-order chi connectivity index (χ1) is 18.7. The van der Waals surface area contributed by atoms with Crippen molar-refractivity contribution in [1.82, 2.24) is 15.5 Å². The monoisotopic (exact) mass is 560 g/mol. The smallest absolute Gasteiger partial charge is 0.408 e. The van der Waals surface area contributed by atoms with E-state index in [2.05, 4.69) is 24.5 Å². The van der Waals surface area contributed by atoms with Gasteiger partial charge in [0, 0.05) is 17.6 Å². The maximum atomic E-state index is 14.3. The van der Waals surface area contributed by atoms with E-state index in [1.165, 1.54) is 11.0 Å². The van der Waals surface area contributed by atoms with Crippen molar-refractivity contribution >= 4 is 23.8 Å². The van der Waals surface area contributed by atoms with Gasteiger partial charge in [-0.15, -0.1) is 0 Å². The fraction of sp³-hybridized carbons (Fsp3) is 0.667. The summed E-state index contributed by atoms with van der Waals surface area (Å²) in [6.45, 7) is 11.0. The second-order valence-corrected chi connectivity index (χ2v) is 12.2. The van der Waals surface area contributed by atoms with Gasteiger partial charge in [-0.1, -0.05) is 51.3 Å². The van der Waals surface area contributed by atoms with Crippen LogP contribution in [0.2, 0.25) is 0 Å². The zero-order valence-corrected chi connectivity index (χ0v) is 24.9. The van der Waals surface area contributed by atoms with Crippen LogP contribution in [0.3, 0.4) is 0 Å². The molecule has 1 aromatic carbocycles. The molecular weight excluding hydrogens is 512 g/mol. The second kappa shape index (κ2) is 14.9. The van der Waals surface area contributed by atoms with Gasteiger partial charge in [0.1, 0.15) is 23.4 Å². The van der Waals surface area contributed by atoms with Crippen molar-refractivity contribution < 1.29 is 29.0 Å².